The van der Waals surface area contributed by atoms with Gasteiger partial charge in [0.1, 0.15) is 0 Å². The zero-order valence-corrected chi connectivity index (χ0v) is 12.6. The van der Waals surface area contributed by atoms with E-state index in [1.807, 2.05) is 13.0 Å². The van der Waals surface area contributed by atoms with Crippen molar-refractivity contribution in [2.45, 2.75) is 46.1 Å². The predicted molar refractivity (Wildman–Crippen MR) is 80.9 cm³/mol. The van der Waals surface area contributed by atoms with Crippen molar-refractivity contribution in [3.8, 4) is 0 Å². The van der Waals surface area contributed by atoms with E-state index in [2.05, 4.69) is 29.5 Å². The quantitative estimate of drug-likeness (QED) is 0.783. The van der Waals surface area contributed by atoms with Gasteiger partial charge in [0.15, 0.2) is 10.4 Å². The number of pyridine rings is 1. The van der Waals surface area contributed by atoms with E-state index in [1.165, 1.54) is 19.3 Å². The van der Waals surface area contributed by atoms with E-state index >= 15 is 0 Å². The summed E-state index contributed by atoms with van der Waals surface area (Å²) in [7, 11) is 0. The number of imidazole rings is 1. The van der Waals surface area contributed by atoms with Crippen LogP contribution in [0.5, 0.6) is 0 Å². The van der Waals surface area contributed by atoms with Gasteiger partial charge in [-0.2, -0.15) is 0 Å². The third-order valence-electron chi connectivity index (χ3n) is 4.42. The summed E-state index contributed by atoms with van der Waals surface area (Å²) in [4.78, 5) is 7.99. The Morgan fingerprint density at radius 3 is 2.84 bits per heavy atom. The summed E-state index contributed by atoms with van der Waals surface area (Å²) >= 11 is 5.53. The van der Waals surface area contributed by atoms with Crippen molar-refractivity contribution in [2.75, 3.05) is 0 Å². The number of aromatic nitrogens is 3. The van der Waals surface area contributed by atoms with E-state index < -0.39 is 0 Å². The van der Waals surface area contributed by atoms with Crippen LogP contribution < -0.4 is 0 Å². The molecule has 0 amide bonds. The van der Waals surface area contributed by atoms with Gasteiger partial charge in [-0.15, -0.1) is 0 Å². The minimum absolute atomic E-state index is 0.492. The van der Waals surface area contributed by atoms with Gasteiger partial charge in [0.25, 0.3) is 0 Å². The molecular weight excluding hydrogens is 254 g/mol. The molecule has 0 radical (unpaired) electrons. The van der Waals surface area contributed by atoms with Crippen LogP contribution in [0, 0.1) is 23.5 Å². The van der Waals surface area contributed by atoms with E-state index in [4.69, 9.17) is 17.2 Å². The smallest absolute Gasteiger partial charge is 0.179 e. The fraction of sp³-hybridized carbons (Fsp3) is 0.600. The normalized spacial score (nSPS) is 27.8. The van der Waals surface area contributed by atoms with Gasteiger partial charge in [-0.25, -0.2) is 4.98 Å². The van der Waals surface area contributed by atoms with Gasteiger partial charge in [-0.3, -0.25) is 4.57 Å². The zero-order chi connectivity index (χ0) is 13.6. The molecule has 1 saturated carbocycles. The molecule has 0 bridgehead atoms. The maximum Gasteiger partial charge on any atom is 0.179 e. The van der Waals surface area contributed by atoms with Crippen molar-refractivity contribution < 1.29 is 0 Å². The number of fused-ring (bicyclic) bond motifs is 1. The van der Waals surface area contributed by atoms with Crippen molar-refractivity contribution in [3.63, 3.8) is 0 Å². The first-order valence-electron chi connectivity index (χ1n) is 7.14. The average Bonchev–Trinajstić information content (AvgIpc) is 2.65. The lowest BCUT2D eigenvalue weighted by Crippen LogP contribution is -2.25. The molecule has 4 heteroatoms. The molecule has 0 spiro atoms. The second kappa shape index (κ2) is 4.75. The number of aromatic amines is 1. The molecule has 1 fully saturated rings. The lowest BCUT2D eigenvalue weighted by Gasteiger charge is -2.33. The Hall–Kier alpha value is -1.16. The van der Waals surface area contributed by atoms with Gasteiger partial charge in [-0.1, -0.05) is 13.8 Å². The highest BCUT2D eigenvalue weighted by molar-refractivity contribution is 7.71. The first-order valence-corrected chi connectivity index (χ1v) is 7.55. The summed E-state index contributed by atoms with van der Waals surface area (Å²) in [6.07, 6.45) is 3.78. The number of hydrogen-bond donors (Lipinski definition) is 1. The van der Waals surface area contributed by atoms with Gasteiger partial charge in [-0.05, 0) is 62.4 Å². The van der Waals surface area contributed by atoms with Gasteiger partial charge < -0.3 is 4.98 Å². The largest absolute Gasteiger partial charge is 0.329 e. The van der Waals surface area contributed by atoms with Crippen molar-refractivity contribution in [1.82, 2.24) is 14.5 Å². The average molecular weight is 275 g/mol. The van der Waals surface area contributed by atoms with Crippen LogP contribution in [0.2, 0.25) is 0 Å². The number of nitrogens with one attached hydrogen (secondary N) is 1. The van der Waals surface area contributed by atoms with E-state index in [-0.39, 0.29) is 0 Å². The Balaban J connectivity index is 2.11. The van der Waals surface area contributed by atoms with E-state index in [9.17, 15) is 0 Å². The highest BCUT2D eigenvalue weighted by Crippen LogP contribution is 2.38. The minimum Gasteiger partial charge on any atom is -0.329 e. The van der Waals surface area contributed by atoms with Crippen LogP contribution >= 0.6 is 12.2 Å². The number of hydrogen-bond acceptors (Lipinski definition) is 2. The molecule has 1 N–H and O–H groups in total. The van der Waals surface area contributed by atoms with E-state index in [0.717, 1.165) is 27.5 Å². The standard InChI is InChI=1S/C15H21N3S/c1-9-4-7-13(10(2)8-9)18-14-12(17-15(18)19)6-5-11(3)16-14/h5-6,9-10,13H,4,7-8H2,1-3H3,(H,17,19). The number of rotatable bonds is 1. The molecule has 1 aliphatic rings. The van der Waals surface area contributed by atoms with E-state index in [0.29, 0.717) is 12.0 Å². The molecular formula is C15H21N3S. The minimum atomic E-state index is 0.492. The molecule has 19 heavy (non-hydrogen) atoms. The van der Waals surface area contributed by atoms with Crippen LogP contribution in [0.1, 0.15) is 44.8 Å². The molecule has 0 aromatic carbocycles. The summed E-state index contributed by atoms with van der Waals surface area (Å²) < 4.78 is 3.08. The van der Waals surface area contributed by atoms with Crippen LogP contribution in [0.4, 0.5) is 0 Å². The Kier molecular flexibility index (Phi) is 3.21. The van der Waals surface area contributed by atoms with Crippen LogP contribution in [0.3, 0.4) is 0 Å². The summed E-state index contributed by atoms with van der Waals surface area (Å²) in [6.45, 7) is 6.73. The Morgan fingerprint density at radius 1 is 1.32 bits per heavy atom. The molecule has 3 nitrogen and oxygen atoms in total. The second-order valence-electron chi connectivity index (χ2n) is 6.09. The maximum absolute atomic E-state index is 5.53. The number of nitrogens with zero attached hydrogens (tertiary/aromatic N) is 2. The fourth-order valence-electron chi connectivity index (χ4n) is 3.44. The highest BCUT2D eigenvalue weighted by atomic mass is 32.1. The van der Waals surface area contributed by atoms with Gasteiger partial charge in [0.2, 0.25) is 0 Å². The Morgan fingerprint density at radius 2 is 2.11 bits per heavy atom. The third kappa shape index (κ3) is 2.22. The van der Waals surface area contributed by atoms with Crippen molar-refractivity contribution in [1.29, 1.82) is 0 Å². The molecule has 2 aromatic heterocycles. The van der Waals surface area contributed by atoms with Gasteiger partial charge in [0, 0.05) is 11.7 Å². The molecule has 3 unspecified atom stereocenters. The monoisotopic (exact) mass is 275 g/mol. The molecule has 2 heterocycles. The first kappa shape index (κ1) is 12.9. The number of aryl methyl sites for hydroxylation is 1. The summed E-state index contributed by atoms with van der Waals surface area (Å²) in [5.41, 5.74) is 3.13. The topological polar surface area (TPSA) is 33.6 Å². The van der Waals surface area contributed by atoms with Crippen LogP contribution in [0.15, 0.2) is 12.1 Å². The summed E-state index contributed by atoms with van der Waals surface area (Å²) in [5, 5.41) is 0. The molecule has 0 aliphatic heterocycles. The van der Waals surface area contributed by atoms with Gasteiger partial charge >= 0.3 is 0 Å². The van der Waals surface area contributed by atoms with Crippen LogP contribution in [-0.2, 0) is 0 Å². The zero-order valence-electron chi connectivity index (χ0n) is 11.8. The highest BCUT2D eigenvalue weighted by Gasteiger charge is 2.28. The van der Waals surface area contributed by atoms with Gasteiger partial charge in [0.05, 0.1) is 5.52 Å². The third-order valence-corrected chi connectivity index (χ3v) is 4.72. The first-order chi connectivity index (χ1) is 9.06. The van der Waals surface area contributed by atoms with Crippen molar-refractivity contribution >= 4 is 23.4 Å². The predicted octanol–water partition coefficient (Wildman–Crippen LogP) is 4.40. The summed E-state index contributed by atoms with van der Waals surface area (Å²) in [5.74, 6) is 1.50. The molecule has 102 valence electrons. The summed E-state index contributed by atoms with van der Waals surface area (Å²) in [6, 6.07) is 4.61. The van der Waals surface area contributed by atoms with Crippen LogP contribution in [0.25, 0.3) is 11.2 Å². The maximum atomic E-state index is 5.53. The van der Waals surface area contributed by atoms with Crippen molar-refractivity contribution in [3.05, 3.63) is 22.6 Å². The van der Waals surface area contributed by atoms with Crippen molar-refractivity contribution in [2.24, 2.45) is 11.8 Å². The lowest BCUT2D eigenvalue weighted by molar-refractivity contribution is 0.209. The molecule has 3 atom stereocenters. The van der Waals surface area contributed by atoms with E-state index in [1.54, 1.807) is 0 Å². The second-order valence-corrected chi connectivity index (χ2v) is 6.47. The molecule has 2 aromatic rings. The lowest BCUT2D eigenvalue weighted by atomic mass is 9.80. The Bertz CT molecular complexity index is 655. The van der Waals surface area contributed by atoms with Crippen LogP contribution in [-0.4, -0.2) is 14.5 Å². The molecule has 1 aliphatic carbocycles. The fourth-order valence-corrected chi connectivity index (χ4v) is 3.77. The molecule has 3 rings (SSSR count). The Labute approximate surface area is 119 Å². The SMILES string of the molecule is Cc1ccc2[nH]c(=S)n(C3CCC(C)CC3C)c2n1. The molecule has 0 saturated heterocycles. The number of H-pyrrole nitrogens is 1.